The minimum absolute atomic E-state index is 0.00468. The van der Waals surface area contributed by atoms with Gasteiger partial charge in [-0.1, -0.05) is 34.2 Å². The highest BCUT2D eigenvalue weighted by Gasteiger charge is 2.14. The lowest BCUT2D eigenvalue weighted by molar-refractivity contribution is 0.0769. The lowest BCUT2D eigenvalue weighted by Crippen LogP contribution is -2.33. The van der Waals surface area contributed by atoms with Gasteiger partial charge in [0.25, 0.3) is 5.91 Å². The zero-order valence-corrected chi connectivity index (χ0v) is 12.1. The van der Waals surface area contributed by atoms with E-state index in [1.54, 1.807) is 11.0 Å². The molecule has 3 nitrogen and oxygen atoms in total. The van der Waals surface area contributed by atoms with Gasteiger partial charge in [-0.15, -0.1) is 0 Å². The lowest BCUT2D eigenvalue weighted by atomic mass is 10.2. The van der Waals surface area contributed by atoms with Crippen molar-refractivity contribution in [1.82, 2.24) is 4.90 Å². The van der Waals surface area contributed by atoms with Crippen LogP contribution in [-0.2, 0) is 0 Å². The summed E-state index contributed by atoms with van der Waals surface area (Å²) in [4.78, 5) is 14.3. The molecule has 1 rings (SSSR count). The van der Waals surface area contributed by atoms with Gasteiger partial charge in [-0.25, -0.2) is 0 Å². The van der Waals surface area contributed by atoms with Crippen LogP contribution in [0.3, 0.4) is 0 Å². The van der Waals surface area contributed by atoms with E-state index in [4.69, 9.17) is 18.0 Å². The molecular formula is C12H15BrN2OS. The molecule has 0 saturated heterocycles. The monoisotopic (exact) mass is 314 g/mol. The summed E-state index contributed by atoms with van der Waals surface area (Å²) in [5, 5.41) is 0. The first-order chi connectivity index (χ1) is 8.04. The number of amides is 1. The van der Waals surface area contributed by atoms with Gasteiger partial charge in [0.1, 0.15) is 0 Å². The molecule has 0 atom stereocenters. The number of nitrogens with two attached hydrogens (primary N) is 1. The predicted octanol–water partition coefficient (Wildman–Crippen LogP) is 2.59. The van der Waals surface area contributed by atoms with Crippen molar-refractivity contribution < 1.29 is 4.79 Å². The molecule has 0 bridgehead atoms. The molecular weight excluding hydrogens is 300 g/mol. The third kappa shape index (κ3) is 4.44. The van der Waals surface area contributed by atoms with E-state index in [-0.39, 0.29) is 5.91 Å². The Morgan fingerprint density at radius 2 is 2.24 bits per heavy atom. The van der Waals surface area contributed by atoms with Crippen molar-refractivity contribution >= 4 is 39.0 Å². The fourth-order valence-corrected chi connectivity index (χ4v) is 1.94. The number of carbonyl (C=O) groups is 1. The Morgan fingerprint density at radius 3 is 2.76 bits per heavy atom. The average molecular weight is 315 g/mol. The van der Waals surface area contributed by atoms with Crippen molar-refractivity contribution in [1.29, 1.82) is 0 Å². The number of benzene rings is 1. The van der Waals surface area contributed by atoms with E-state index in [2.05, 4.69) is 15.9 Å². The number of halogens is 1. The van der Waals surface area contributed by atoms with Crippen LogP contribution >= 0.6 is 28.1 Å². The third-order valence-electron chi connectivity index (χ3n) is 2.37. The van der Waals surface area contributed by atoms with Gasteiger partial charge in [-0.05, 0) is 25.1 Å². The maximum atomic E-state index is 12.2. The lowest BCUT2D eigenvalue weighted by Gasteiger charge is -2.20. The number of thiocarbonyl (C=S) groups is 1. The first kappa shape index (κ1) is 14.1. The molecule has 1 aromatic rings. The van der Waals surface area contributed by atoms with Crippen LogP contribution in [0, 0.1) is 0 Å². The summed E-state index contributed by atoms with van der Waals surface area (Å²) in [6, 6.07) is 7.35. The third-order valence-corrected chi connectivity index (χ3v) is 3.07. The summed E-state index contributed by atoms with van der Waals surface area (Å²) in [7, 11) is 0. The molecule has 0 aliphatic carbocycles. The first-order valence-electron chi connectivity index (χ1n) is 5.37. The second-order valence-corrected chi connectivity index (χ2v) is 5.05. The Balaban J connectivity index is 2.75. The fourth-order valence-electron chi connectivity index (χ4n) is 1.45. The smallest absolute Gasteiger partial charge is 0.253 e. The molecule has 2 N–H and O–H groups in total. The van der Waals surface area contributed by atoms with Crippen LogP contribution in [0.15, 0.2) is 28.7 Å². The van der Waals surface area contributed by atoms with Crippen LogP contribution in [0.4, 0.5) is 0 Å². The van der Waals surface area contributed by atoms with Gasteiger partial charge < -0.3 is 10.6 Å². The molecule has 0 aromatic heterocycles. The summed E-state index contributed by atoms with van der Waals surface area (Å²) < 4.78 is 0.897. The minimum atomic E-state index is 0.00468. The Labute approximate surface area is 115 Å². The van der Waals surface area contributed by atoms with E-state index in [0.717, 1.165) is 4.47 Å². The molecule has 0 aliphatic heterocycles. The van der Waals surface area contributed by atoms with Crippen LogP contribution in [0.2, 0.25) is 0 Å². The SMILES string of the molecule is CCN(CCC(N)=S)C(=O)c1cccc(Br)c1. The Hall–Kier alpha value is -0.940. The molecule has 0 radical (unpaired) electrons. The number of carbonyl (C=O) groups excluding carboxylic acids is 1. The molecule has 1 amide bonds. The molecule has 1 aromatic carbocycles. The van der Waals surface area contributed by atoms with Gasteiger partial charge in [-0.3, -0.25) is 4.79 Å². The number of nitrogens with zero attached hydrogens (tertiary/aromatic N) is 1. The molecule has 0 unspecified atom stereocenters. The predicted molar refractivity (Wildman–Crippen MR) is 77.1 cm³/mol. The van der Waals surface area contributed by atoms with Crippen molar-refractivity contribution in [3.05, 3.63) is 34.3 Å². The van der Waals surface area contributed by atoms with E-state index in [9.17, 15) is 4.79 Å². The van der Waals surface area contributed by atoms with Crippen LogP contribution in [0.5, 0.6) is 0 Å². The van der Waals surface area contributed by atoms with E-state index < -0.39 is 0 Å². The second-order valence-electron chi connectivity index (χ2n) is 3.61. The minimum Gasteiger partial charge on any atom is -0.393 e. The van der Waals surface area contributed by atoms with Crippen LogP contribution in [-0.4, -0.2) is 28.9 Å². The van der Waals surface area contributed by atoms with Crippen LogP contribution in [0.25, 0.3) is 0 Å². The molecule has 5 heteroatoms. The highest BCUT2D eigenvalue weighted by molar-refractivity contribution is 9.10. The maximum Gasteiger partial charge on any atom is 0.253 e. The van der Waals surface area contributed by atoms with Gasteiger partial charge in [-0.2, -0.15) is 0 Å². The topological polar surface area (TPSA) is 46.3 Å². The van der Waals surface area contributed by atoms with Gasteiger partial charge in [0.05, 0.1) is 4.99 Å². The first-order valence-corrected chi connectivity index (χ1v) is 6.58. The van der Waals surface area contributed by atoms with Gasteiger partial charge >= 0.3 is 0 Å². The fraction of sp³-hybridized carbons (Fsp3) is 0.333. The van der Waals surface area contributed by atoms with Crippen molar-refractivity contribution in [3.8, 4) is 0 Å². The highest BCUT2D eigenvalue weighted by atomic mass is 79.9. The molecule has 17 heavy (non-hydrogen) atoms. The summed E-state index contributed by atoms with van der Waals surface area (Å²) in [5.41, 5.74) is 6.11. The number of hydrogen-bond acceptors (Lipinski definition) is 2. The molecule has 0 spiro atoms. The number of hydrogen-bond donors (Lipinski definition) is 1. The maximum absolute atomic E-state index is 12.2. The average Bonchev–Trinajstić information content (AvgIpc) is 2.29. The quantitative estimate of drug-likeness (QED) is 0.850. The van der Waals surface area contributed by atoms with Crippen molar-refractivity contribution in [2.75, 3.05) is 13.1 Å². The molecule has 0 heterocycles. The largest absolute Gasteiger partial charge is 0.393 e. The van der Waals surface area contributed by atoms with Crippen LogP contribution in [0.1, 0.15) is 23.7 Å². The van der Waals surface area contributed by atoms with Gasteiger partial charge in [0.2, 0.25) is 0 Å². The molecule has 0 aliphatic rings. The highest BCUT2D eigenvalue weighted by Crippen LogP contribution is 2.13. The number of rotatable bonds is 5. The van der Waals surface area contributed by atoms with Gasteiger partial charge in [0.15, 0.2) is 0 Å². The molecule has 0 fully saturated rings. The van der Waals surface area contributed by atoms with Crippen molar-refractivity contribution in [3.63, 3.8) is 0 Å². The Morgan fingerprint density at radius 1 is 1.53 bits per heavy atom. The van der Waals surface area contributed by atoms with E-state index in [1.807, 2.05) is 25.1 Å². The summed E-state index contributed by atoms with van der Waals surface area (Å²) in [6.07, 6.45) is 0.558. The normalized spacial score (nSPS) is 10.0. The van der Waals surface area contributed by atoms with Crippen molar-refractivity contribution in [2.45, 2.75) is 13.3 Å². The summed E-state index contributed by atoms with van der Waals surface area (Å²) in [5.74, 6) is 0.00468. The summed E-state index contributed by atoms with van der Waals surface area (Å²) in [6.45, 7) is 3.15. The van der Waals surface area contributed by atoms with E-state index in [1.165, 1.54) is 0 Å². The molecule has 0 saturated carbocycles. The second kappa shape index (κ2) is 6.71. The van der Waals surface area contributed by atoms with E-state index in [0.29, 0.717) is 30.1 Å². The zero-order chi connectivity index (χ0) is 12.8. The summed E-state index contributed by atoms with van der Waals surface area (Å²) >= 11 is 8.17. The van der Waals surface area contributed by atoms with E-state index >= 15 is 0 Å². The molecule has 92 valence electrons. The zero-order valence-electron chi connectivity index (χ0n) is 9.65. The van der Waals surface area contributed by atoms with Crippen LogP contribution < -0.4 is 5.73 Å². The Bertz CT molecular complexity index is 423. The standard InChI is InChI=1S/C12H15BrN2OS/c1-2-15(7-6-11(14)17)12(16)9-4-3-5-10(13)8-9/h3-5,8H,2,6-7H2,1H3,(H2,14,17). The van der Waals surface area contributed by atoms with Crippen molar-refractivity contribution in [2.24, 2.45) is 5.73 Å². The Kier molecular flexibility index (Phi) is 5.58. The van der Waals surface area contributed by atoms with Gasteiger partial charge in [0, 0.05) is 29.5 Å².